The Morgan fingerprint density at radius 3 is 3.06 bits per heavy atom. The van der Waals surface area contributed by atoms with Gasteiger partial charge >= 0.3 is 0 Å². The number of nitrogens with one attached hydrogen (secondary N) is 1. The van der Waals surface area contributed by atoms with Crippen molar-refractivity contribution < 1.29 is 9.50 Å². The maximum Gasteiger partial charge on any atom is 0.224 e. The first-order valence-electron chi connectivity index (χ1n) is 5.27. The molecule has 1 aliphatic rings. The summed E-state index contributed by atoms with van der Waals surface area (Å²) in [4.78, 5) is 7.27. The minimum atomic E-state index is -0.531. The Labute approximate surface area is 97.9 Å². The summed E-state index contributed by atoms with van der Waals surface area (Å²) >= 11 is 5.56. The molecular weight excluding hydrogens is 233 g/mol. The number of aromatic nitrogens is 2. The zero-order valence-electron chi connectivity index (χ0n) is 8.66. The van der Waals surface area contributed by atoms with Gasteiger partial charge in [-0.1, -0.05) is 6.42 Å². The molecule has 4 nitrogen and oxygen atoms in total. The second-order valence-corrected chi connectivity index (χ2v) is 4.31. The first-order valence-corrected chi connectivity index (χ1v) is 5.64. The van der Waals surface area contributed by atoms with Gasteiger partial charge in [0, 0.05) is 12.5 Å². The summed E-state index contributed by atoms with van der Waals surface area (Å²) in [6, 6.07) is 0. The van der Waals surface area contributed by atoms with Crippen LogP contribution in [0, 0.1) is 11.7 Å². The van der Waals surface area contributed by atoms with Crippen LogP contribution in [0.5, 0.6) is 0 Å². The molecule has 16 heavy (non-hydrogen) atoms. The fraction of sp³-hybridized carbons (Fsp3) is 0.600. The van der Waals surface area contributed by atoms with E-state index in [1.54, 1.807) is 0 Å². The van der Waals surface area contributed by atoms with Gasteiger partial charge in [-0.3, -0.25) is 0 Å². The van der Waals surface area contributed by atoms with E-state index in [1.165, 1.54) is 0 Å². The zero-order valence-corrected chi connectivity index (χ0v) is 9.41. The molecule has 2 rings (SSSR count). The summed E-state index contributed by atoms with van der Waals surface area (Å²) in [5, 5.41) is 12.5. The van der Waals surface area contributed by atoms with Gasteiger partial charge in [0.15, 0.2) is 11.6 Å². The van der Waals surface area contributed by atoms with E-state index in [2.05, 4.69) is 15.3 Å². The zero-order chi connectivity index (χ0) is 11.5. The first-order chi connectivity index (χ1) is 7.66. The number of aliphatic hydroxyl groups is 1. The van der Waals surface area contributed by atoms with Crippen molar-refractivity contribution in [2.24, 2.45) is 5.92 Å². The van der Waals surface area contributed by atoms with Gasteiger partial charge in [0.2, 0.25) is 5.28 Å². The highest BCUT2D eigenvalue weighted by molar-refractivity contribution is 6.28. The van der Waals surface area contributed by atoms with Gasteiger partial charge in [-0.15, -0.1) is 0 Å². The Kier molecular flexibility index (Phi) is 3.56. The van der Waals surface area contributed by atoms with Gasteiger partial charge < -0.3 is 10.4 Å². The van der Waals surface area contributed by atoms with Gasteiger partial charge in [-0.25, -0.2) is 9.37 Å². The largest absolute Gasteiger partial charge is 0.393 e. The number of halogens is 2. The van der Waals surface area contributed by atoms with Crippen LogP contribution in [0.15, 0.2) is 6.20 Å². The van der Waals surface area contributed by atoms with Crippen LogP contribution in [-0.4, -0.2) is 27.7 Å². The monoisotopic (exact) mass is 245 g/mol. The third-order valence-electron chi connectivity index (χ3n) is 2.87. The van der Waals surface area contributed by atoms with Crippen molar-refractivity contribution in [1.29, 1.82) is 0 Å². The van der Waals surface area contributed by atoms with Crippen molar-refractivity contribution in [3.8, 4) is 0 Å². The molecule has 1 saturated carbocycles. The fourth-order valence-electron chi connectivity index (χ4n) is 1.95. The van der Waals surface area contributed by atoms with Crippen LogP contribution in [0.25, 0.3) is 0 Å². The lowest BCUT2D eigenvalue weighted by Crippen LogP contribution is -2.22. The second kappa shape index (κ2) is 4.93. The Morgan fingerprint density at radius 1 is 1.56 bits per heavy atom. The van der Waals surface area contributed by atoms with E-state index in [-0.39, 0.29) is 23.1 Å². The normalized spacial score (nSPS) is 24.7. The molecule has 0 spiro atoms. The van der Waals surface area contributed by atoms with Crippen LogP contribution in [0.3, 0.4) is 0 Å². The topological polar surface area (TPSA) is 58.0 Å². The van der Waals surface area contributed by atoms with Gasteiger partial charge in [-0.2, -0.15) is 4.98 Å². The highest BCUT2D eigenvalue weighted by atomic mass is 35.5. The molecule has 0 amide bonds. The number of aliphatic hydroxyl groups excluding tert-OH is 1. The van der Waals surface area contributed by atoms with Gasteiger partial charge in [-0.05, 0) is 24.4 Å². The minimum Gasteiger partial charge on any atom is -0.393 e. The maximum absolute atomic E-state index is 13.2. The molecule has 1 heterocycles. The van der Waals surface area contributed by atoms with Crippen molar-refractivity contribution in [3.63, 3.8) is 0 Å². The van der Waals surface area contributed by atoms with Gasteiger partial charge in [0.05, 0.1) is 12.3 Å². The van der Waals surface area contributed by atoms with E-state index in [9.17, 15) is 9.50 Å². The summed E-state index contributed by atoms with van der Waals surface area (Å²) in [6.45, 7) is 0.505. The van der Waals surface area contributed by atoms with Crippen LogP contribution in [0.1, 0.15) is 19.3 Å². The third-order valence-corrected chi connectivity index (χ3v) is 3.05. The minimum absolute atomic E-state index is 0.0101. The van der Waals surface area contributed by atoms with Crippen LogP contribution < -0.4 is 5.32 Å². The smallest absolute Gasteiger partial charge is 0.224 e. The maximum atomic E-state index is 13.2. The molecule has 1 aromatic rings. The molecule has 0 saturated heterocycles. The predicted molar refractivity (Wildman–Crippen MR) is 58.8 cm³/mol. The standard InChI is InChI=1S/C10H13ClFN3O/c11-10-14-5-7(12)9(15-10)13-4-6-2-1-3-8(6)16/h5-6,8,16H,1-4H2,(H,13,14,15). The summed E-state index contributed by atoms with van der Waals surface area (Å²) in [7, 11) is 0. The van der Waals surface area contributed by atoms with Crippen LogP contribution >= 0.6 is 11.6 Å². The molecule has 6 heteroatoms. The molecule has 1 fully saturated rings. The second-order valence-electron chi connectivity index (χ2n) is 3.97. The lowest BCUT2D eigenvalue weighted by molar-refractivity contribution is 0.138. The molecule has 2 unspecified atom stereocenters. The van der Waals surface area contributed by atoms with E-state index in [4.69, 9.17) is 11.6 Å². The summed E-state index contributed by atoms with van der Waals surface area (Å²) in [6.07, 6.45) is 3.52. The Hall–Kier alpha value is -0.940. The Morgan fingerprint density at radius 2 is 2.38 bits per heavy atom. The van der Waals surface area contributed by atoms with E-state index < -0.39 is 5.82 Å². The number of anilines is 1. The highest BCUT2D eigenvalue weighted by Crippen LogP contribution is 2.25. The number of nitrogens with zero attached hydrogens (tertiary/aromatic N) is 2. The summed E-state index contributed by atoms with van der Waals surface area (Å²) in [5.74, 6) is -0.274. The average Bonchev–Trinajstić information content (AvgIpc) is 2.66. The molecule has 1 aromatic heterocycles. The SMILES string of the molecule is OC1CCCC1CNc1nc(Cl)ncc1F. The van der Waals surface area contributed by atoms with E-state index >= 15 is 0 Å². The molecule has 0 radical (unpaired) electrons. The van der Waals surface area contributed by atoms with Crippen molar-refractivity contribution in [2.75, 3.05) is 11.9 Å². The molecular formula is C10H13ClFN3O. The van der Waals surface area contributed by atoms with Crippen LogP contribution in [-0.2, 0) is 0 Å². The molecule has 88 valence electrons. The summed E-state index contributed by atoms with van der Waals surface area (Å²) in [5.41, 5.74) is 0. The van der Waals surface area contributed by atoms with Crippen LogP contribution in [0.2, 0.25) is 5.28 Å². The van der Waals surface area contributed by atoms with E-state index in [0.717, 1.165) is 25.5 Å². The molecule has 0 aliphatic heterocycles. The molecule has 2 atom stereocenters. The molecule has 0 aromatic carbocycles. The first kappa shape index (κ1) is 11.5. The Balaban J connectivity index is 1.96. The number of hydrogen-bond donors (Lipinski definition) is 2. The quantitative estimate of drug-likeness (QED) is 0.798. The van der Waals surface area contributed by atoms with E-state index in [0.29, 0.717) is 6.54 Å². The van der Waals surface area contributed by atoms with Crippen molar-refractivity contribution in [1.82, 2.24) is 9.97 Å². The fourth-order valence-corrected chi connectivity index (χ4v) is 2.09. The highest BCUT2D eigenvalue weighted by Gasteiger charge is 2.25. The van der Waals surface area contributed by atoms with Gasteiger partial charge in [0.1, 0.15) is 0 Å². The Bertz CT molecular complexity index is 377. The number of rotatable bonds is 3. The van der Waals surface area contributed by atoms with Crippen LogP contribution in [0.4, 0.5) is 10.2 Å². The lowest BCUT2D eigenvalue weighted by Gasteiger charge is -2.15. The van der Waals surface area contributed by atoms with Gasteiger partial charge in [0.25, 0.3) is 0 Å². The van der Waals surface area contributed by atoms with Crippen molar-refractivity contribution in [2.45, 2.75) is 25.4 Å². The number of hydrogen-bond acceptors (Lipinski definition) is 4. The predicted octanol–water partition coefficient (Wildman–Crippen LogP) is 1.84. The molecule has 0 bridgehead atoms. The van der Waals surface area contributed by atoms with Crippen molar-refractivity contribution >= 4 is 17.4 Å². The van der Waals surface area contributed by atoms with Crippen molar-refractivity contribution in [3.05, 3.63) is 17.3 Å². The van der Waals surface area contributed by atoms with E-state index in [1.807, 2.05) is 0 Å². The molecule has 2 N–H and O–H groups in total. The summed E-state index contributed by atoms with van der Waals surface area (Å²) < 4.78 is 13.2. The molecule has 1 aliphatic carbocycles. The average molecular weight is 246 g/mol. The lowest BCUT2D eigenvalue weighted by atomic mass is 10.1. The third kappa shape index (κ3) is 2.59.